The second kappa shape index (κ2) is 6.92. The molecule has 1 saturated heterocycles. The molecule has 0 amide bonds. The number of halogens is 2. The van der Waals surface area contributed by atoms with Crippen molar-refractivity contribution in [1.29, 1.82) is 0 Å². The number of hydrogen-bond acceptors (Lipinski definition) is 2. The van der Waals surface area contributed by atoms with Gasteiger partial charge in [-0.25, -0.2) is 0 Å². The third-order valence-electron chi connectivity index (χ3n) is 3.03. The van der Waals surface area contributed by atoms with E-state index < -0.39 is 0 Å². The predicted octanol–water partition coefficient (Wildman–Crippen LogP) is 4.85. The Hall–Kier alpha value is -0.0600. The van der Waals surface area contributed by atoms with Crippen LogP contribution in [0.5, 0.6) is 5.75 Å². The molecule has 18 heavy (non-hydrogen) atoms. The molecule has 1 heterocycles. The van der Waals surface area contributed by atoms with E-state index in [4.69, 9.17) is 9.47 Å². The molecule has 0 spiro atoms. The van der Waals surface area contributed by atoms with Gasteiger partial charge in [0.15, 0.2) is 0 Å². The van der Waals surface area contributed by atoms with Crippen molar-refractivity contribution in [1.82, 2.24) is 0 Å². The molecule has 0 aliphatic carbocycles. The smallest absolute Gasteiger partial charge is 0.133 e. The summed E-state index contributed by atoms with van der Waals surface area (Å²) >= 11 is 7.31. The van der Waals surface area contributed by atoms with E-state index >= 15 is 0 Å². The number of ether oxygens (including phenoxy) is 2. The summed E-state index contributed by atoms with van der Waals surface area (Å²) < 4.78 is 12.4. The highest BCUT2D eigenvalue weighted by atomic mass is 79.9. The Labute approximate surface area is 125 Å². The van der Waals surface area contributed by atoms with Crippen molar-refractivity contribution in [2.75, 3.05) is 13.2 Å². The molecule has 100 valence electrons. The summed E-state index contributed by atoms with van der Waals surface area (Å²) in [6.07, 6.45) is 3.60. The van der Waals surface area contributed by atoms with Crippen molar-refractivity contribution in [2.24, 2.45) is 0 Å². The molecule has 2 unspecified atom stereocenters. The van der Waals surface area contributed by atoms with Crippen molar-refractivity contribution >= 4 is 31.9 Å². The standard InChI is InChI=1S/C14H18Br2O2/c1-2-7-17-12-6-5-10(9-11(12)15)14(16)13-4-3-8-18-13/h5-6,9,13-14H,2-4,7-8H2,1H3. The lowest BCUT2D eigenvalue weighted by Gasteiger charge is -2.18. The summed E-state index contributed by atoms with van der Waals surface area (Å²) in [7, 11) is 0. The van der Waals surface area contributed by atoms with Gasteiger partial charge in [-0.3, -0.25) is 0 Å². The first-order valence-electron chi connectivity index (χ1n) is 6.40. The van der Waals surface area contributed by atoms with Gasteiger partial charge in [0.1, 0.15) is 5.75 Å². The van der Waals surface area contributed by atoms with Crippen LogP contribution in [-0.4, -0.2) is 19.3 Å². The van der Waals surface area contributed by atoms with E-state index in [0.717, 1.165) is 42.7 Å². The van der Waals surface area contributed by atoms with Crippen LogP contribution in [0.1, 0.15) is 36.6 Å². The lowest BCUT2D eigenvalue weighted by Crippen LogP contribution is -2.12. The molecule has 2 atom stereocenters. The molecule has 1 aromatic carbocycles. The zero-order valence-corrected chi connectivity index (χ0v) is 13.7. The number of rotatable bonds is 5. The van der Waals surface area contributed by atoms with E-state index in [2.05, 4.69) is 50.9 Å². The van der Waals surface area contributed by atoms with Crippen molar-refractivity contribution in [3.8, 4) is 5.75 Å². The van der Waals surface area contributed by atoms with Crippen LogP contribution in [0.25, 0.3) is 0 Å². The van der Waals surface area contributed by atoms with Crippen LogP contribution in [0, 0.1) is 0 Å². The van der Waals surface area contributed by atoms with Gasteiger partial charge in [-0.15, -0.1) is 0 Å². The zero-order chi connectivity index (χ0) is 13.0. The molecule has 1 aromatic rings. The van der Waals surface area contributed by atoms with Crippen molar-refractivity contribution in [2.45, 2.75) is 37.1 Å². The molecule has 0 aromatic heterocycles. The maximum absolute atomic E-state index is 5.71. The van der Waals surface area contributed by atoms with Crippen LogP contribution in [0.4, 0.5) is 0 Å². The summed E-state index contributed by atoms with van der Waals surface area (Å²) in [6.45, 7) is 3.74. The second-order valence-electron chi connectivity index (χ2n) is 4.49. The van der Waals surface area contributed by atoms with Gasteiger partial charge in [-0.2, -0.15) is 0 Å². The van der Waals surface area contributed by atoms with Gasteiger partial charge >= 0.3 is 0 Å². The average molecular weight is 378 g/mol. The molecular weight excluding hydrogens is 360 g/mol. The Morgan fingerprint density at radius 2 is 2.33 bits per heavy atom. The topological polar surface area (TPSA) is 18.5 Å². The maximum Gasteiger partial charge on any atom is 0.133 e. The molecular formula is C14H18Br2O2. The quantitative estimate of drug-likeness (QED) is 0.682. The Morgan fingerprint density at radius 3 is 2.94 bits per heavy atom. The van der Waals surface area contributed by atoms with Crippen molar-refractivity contribution in [3.05, 3.63) is 28.2 Å². The SMILES string of the molecule is CCCOc1ccc(C(Br)C2CCCO2)cc1Br. The lowest BCUT2D eigenvalue weighted by molar-refractivity contribution is 0.110. The average Bonchev–Trinajstić information content (AvgIpc) is 2.90. The molecule has 4 heteroatoms. The van der Waals surface area contributed by atoms with Crippen LogP contribution in [0.3, 0.4) is 0 Å². The van der Waals surface area contributed by atoms with E-state index in [1.165, 1.54) is 5.56 Å². The van der Waals surface area contributed by atoms with Gasteiger partial charge in [-0.1, -0.05) is 28.9 Å². The third kappa shape index (κ3) is 3.49. The third-order valence-corrected chi connectivity index (χ3v) is 4.77. The van der Waals surface area contributed by atoms with E-state index in [-0.39, 0.29) is 4.83 Å². The highest BCUT2D eigenvalue weighted by molar-refractivity contribution is 9.10. The van der Waals surface area contributed by atoms with Gasteiger partial charge in [0.2, 0.25) is 0 Å². The minimum absolute atomic E-state index is 0.261. The van der Waals surface area contributed by atoms with E-state index in [9.17, 15) is 0 Å². The predicted molar refractivity (Wildman–Crippen MR) is 80.6 cm³/mol. The van der Waals surface area contributed by atoms with Crippen LogP contribution in [0.2, 0.25) is 0 Å². The molecule has 0 saturated carbocycles. The first kappa shape index (κ1) is 14.4. The second-order valence-corrected chi connectivity index (χ2v) is 6.33. The van der Waals surface area contributed by atoms with E-state index in [1.807, 2.05) is 6.07 Å². The van der Waals surface area contributed by atoms with Gasteiger partial charge in [0.05, 0.1) is 22.0 Å². The number of benzene rings is 1. The fourth-order valence-electron chi connectivity index (χ4n) is 2.07. The molecule has 1 aliphatic rings. The summed E-state index contributed by atoms with van der Waals surface area (Å²) in [5.41, 5.74) is 1.23. The molecule has 2 nitrogen and oxygen atoms in total. The zero-order valence-electron chi connectivity index (χ0n) is 10.5. The Kier molecular flexibility index (Phi) is 5.52. The Morgan fingerprint density at radius 1 is 1.50 bits per heavy atom. The minimum Gasteiger partial charge on any atom is -0.492 e. The van der Waals surface area contributed by atoms with Crippen molar-refractivity contribution < 1.29 is 9.47 Å². The molecule has 2 rings (SSSR count). The van der Waals surface area contributed by atoms with E-state index in [0.29, 0.717) is 6.10 Å². The number of alkyl halides is 1. The van der Waals surface area contributed by atoms with Crippen LogP contribution in [-0.2, 0) is 4.74 Å². The van der Waals surface area contributed by atoms with Crippen LogP contribution >= 0.6 is 31.9 Å². The first-order chi connectivity index (χ1) is 8.72. The highest BCUT2D eigenvalue weighted by Crippen LogP contribution is 2.37. The summed E-state index contributed by atoms with van der Waals surface area (Å²) in [4.78, 5) is 0.261. The van der Waals surface area contributed by atoms with Gasteiger partial charge in [-0.05, 0) is 52.9 Å². The maximum atomic E-state index is 5.71. The Bertz CT molecular complexity index is 389. The lowest BCUT2D eigenvalue weighted by atomic mass is 10.1. The summed E-state index contributed by atoms with van der Waals surface area (Å²) in [5.74, 6) is 0.910. The molecule has 0 N–H and O–H groups in total. The van der Waals surface area contributed by atoms with Crippen molar-refractivity contribution in [3.63, 3.8) is 0 Å². The van der Waals surface area contributed by atoms with Gasteiger partial charge in [0, 0.05) is 6.61 Å². The first-order valence-corrected chi connectivity index (χ1v) is 8.11. The fraction of sp³-hybridized carbons (Fsp3) is 0.571. The Balaban J connectivity index is 2.07. The molecule has 0 bridgehead atoms. The number of hydrogen-bond donors (Lipinski definition) is 0. The normalized spacial score (nSPS) is 20.9. The molecule has 1 fully saturated rings. The largest absolute Gasteiger partial charge is 0.492 e. The monoisotopic (exact) mass is 376 g/mol. The summed E-state index contributed by atoms with van der Waals surface area (Å²) in [6, 6.07) is 6.25. The van der Waals surface area contributed by atoms with Crippen LogP contribution in [0.15, 0.2) is 22.7 Å². The fourth-order valence-corrected chi connectivity index (χ4v) is 3.28. The molecule has 1 aliphatic heterocycles. The molecule has 0 radical (unpaired) electrons. The van der Waals surface area contributed by atoms with Crippen LogP contribution < -0.4 is 4.74 Å². The van der Waals surface area contributed by atoms with Gasteiger partial charge in [0.25, 0.3) is 0 Å². The highest BCUT2D eigenvalue weighted by Gasteiger charge is 2.25. The van der Waals surface area contributed by atoms with Gasteiger partial charge < -0.3 is 9.47 Å². The minimum atomic E-state index is 0.261. The van der Waals surface area contributed by atoms with E-state index in [1.54, 1.807) is 0 Å². The summed E-state index contributed by atoms with van der Waals surface area (Å²) in [5, 5.41) is 0.